The van der Waals surface area contributed by atoms with Crippen LogP contribution in [0, 0.1) is 0 Å². The van der Waals surface area contributed by atoms with E-state index in [-0.39, 0.29) is 6.17 Å². The van der Waals surface area contributed by atoms with Gasteiger partial charge in [-0.05, 0) is 50.7 Å². The highest BCUT2D eigenvalue weighted by Crippen LogP contribution is 2.39. The Balaban J connectivity index is 1.45. The maximum Gasteiger partial charge on any atom is 0.164 e. The molecule has 3 aliphatic rings. The van der Waals surface area contributed by atoms with E-state index in [4.69, 9.17) is 9.97 Å². The van der Waals surface area contributed by atoms with Crippen molar-refractivity contribution in [3.05, 3.63) is 42.2 Å². The highest BCUT2D eigenvalue weighted by molar-refractivity contribution is 5.81. The molecule has 8 heteroatoms. The van der Waals surface area contributed by atoms with Crippen molar-refractivity contribution in [3.63, 3.8) is 0 Å². The van der Waals surface area contributed by atoms with Crippen LogP contribution in [0.3, 0.4) is 0 Å². The van der Waals surface area contributed by atoms with E-state index in [9.17, 15) is 4.39 Å². The highest BCUT2D eigenvalue weighted by Gasteiger charge is 2.36. The molecular weight excluding hydrogens is 393 g/mol. The van der Waals surface area contributed by atoms with E-state index in [1.54, 1.807) is 0 Å². The Labute approximate surface area is 181 Å². The number of hydrogen-bond acceptors (Lipinski definition) is 6. The summed E-state index contributed by atoms with van der Waals surface area (Å²) in [4.78, 5) is 17.0. The number of fused-ring (bicyclic) bond motifs is 5. The third kappa shape index (κ3) is 3.25. The molecule has 2 fully saturated rings. The Kier molecular flexibility index (Phi) is 4.57. The first kappa shape index (κ1) is 19.0. The predicted octanol–water partition coefficient (Wildman–Crippen LogP) is 3.03. The molecule has 0 amide bonds. The van der Waals surface area contributed by atoms with Crippen molar-refractivity contribution in [1.29, 1.82) is 0 Å². The largest absolute Gasteiger partial charge is 0.360 e. The van der Waals surface area contributed by atoms with Gasteiger partial charge in [0.05, 0.1) is 16.7 Å². The molecule has 2 atom stereocenters. The lowest BCUT2D eigenvalue weighted by atomic mass is 10.2. The Morgan fingerprint density at radius 2 is 1.90 bits per heavy atom. The second kappa shape index (κ2) is 7.46. The number of nitrogens with zero attached hydrogens (tertiary/aromatic N) is 6. The third-order valence-electron chi connectivity index (χ3n) is 6.77. The van der Waals surface area contributed by atoms with E-state index in [2.05, 4.69) is 49.8 Å². The van der Waals surface area contributed by atoms with Crippen molar-refractivity contribution in [3.8, 4) is 5.82 Å². The lowest BCUT2D eigenvalue weighted by molar-refractivity contribution is 0.231. The predicted molar refractivity (Wildman–Crippen MR) is 121 cm³/mol. The smallest absolute Gasteiger partial charge is 0.164 e. The molecule has 1 unspecified atom stereocenters. The van der Waals surface area contributed by atoms with Gasteiger partial charge in [0.15, 0.2) is 11.6 Å². The molecule has 0 aliphatic carbocycles. The molecule has 31 heavy (non-hydrogen) atoms. The zero-order valence-electron chi connectivity index (χ0n) is 17.8. The van der Waals surface area contributed by atoms with Gasteiger partial charge in [-0.2, -0.15) is 0 Å². The van der Waals surface area contributed by atoms with Crippen LogP contribution in [0.4, 0.5) is 15.9 Å². The van der Waals surface area contributed by atoms with Gasteiger partial charge in [-0.15, -0.1) is 0 Å². The molecule has 0 saturated carbocycles. The summed E-state index contributed by atoms with van der Waals surface area (Å²) in [5, 5.41) is 3.61. The topological polar surface area (TPSA) is 52.5 Å². The minimum absolute atomic E-state index is 0.153. The van der Waals surface area contributed by atoms with Crippen LogP contribution in [0.15, 0.2) is 36.4 Å². The number of anilines is 2. The molecule has 2 aromatic heterocycles. The molecule has 3 aromatic rings. The molecule has 6 rings (SSSR count). The van der Waals surface area contributed by atoms with Crippen LogP contribution in [0.25, 0.3) is 16.9 Å². The number of hydrogen-bond donors (Lipinski definition) is 1. The average molecular weight is 422 g/mol. The van der Waals surface area contributed by atoms with Gasteiger partial charge >= 0.3 is 0 Å². The van der Waals surface area contributed by atoms with Crippen LogP contribution in [0.2, 0.25) is 0 Å². The zero-order valence-corrected chi connectivity index (χ0v) is 17.8. The number of nitrogens with one attached hydrogen (secondary N) is 1. The Morgan fingerprint density at radius 3 is 2.77 bits per heavy atom. The van der Waals surface area contributed by atoms with Crippen molar-refractivity contribution in [1.82, 2.24) is 24.3 Å². The first-order valence-electron chi connectivity index (χ1n) is 11.2. The Morgan fingerprint density at radius 1 is 1.00 bits per heavy atom. The van der Waals surface area contributed by atoms with Gasteiger partial charge in [0.25, 0.3) is 0 Å². The molecule has 2 saturated heterocycles. The summed E-state index contributed by atoms with van der Waals surface area (Å²) in [6.07, 6.45) is 0.780. The van der Waals surface area contributed by atoms with Crippen molar-refractivity contribution in [2.75, 3.05) is 56.5 Å². The lowest BCUT2D eigenvalue weighted by Crippen LogP contribution is -2.37. The summed E-state index contributed by atoms with van der Waals surface area (Å²) in [5.41, 5.74) is 2.96. The molecular formula is C23H28FN7. The molecule has 1 aromatic carbocycles. The van der Waals surface area contributed by atoms with Crippen molar-refractivity contribution in [2.45, 2.75) is 25.2 Å². The number of aromatic nitrogens is 3. The normalized spacial score (nSPS) is 24.6. The number of benzene rings is 1. The SMILES string of the molecule is CN1CCCN(c2ccc3c(n2)-n2c(nc4ccccc42)C(N2CC[C@H](F)C2)N3)CC1. The van der Waals surface area contributed by atoms with E-state index in [0.717, 1.165) is 73.3 Å². The number of alkyl halides is 1. The number of rotatable bonds is 2. The molecule has 1 N–H and O–H groups in total. The number of para-hydroxylation sites is 2. The molecule has 162 valence electrons. The second-order valence-corrected chi connectivity index (χ2v) is 8.91. The summed E-state index contributed by atoms with van der Waals surface area (Å²) in [5.74, 6) is 2.78. The number of imidazole rings is 1. The molecule has 7 nitrogen and oxygen atoms in total. The van der Waals surface area contributed by atoms with E-state index in [0.29, 0.717) is 13.0 Å². The number of likely N-dealkylation sites (tertiary alicyclic amines) is 1. The van der Waals surface area contributed by atoms with Crippen molar-refractivity contribution < 1.29 is 4.39 Å². The monoisotopic (exact) mass is 421 g/mol. The average Bonchev–Trinajstić information content (AvgIpc) is 3.32. The van der Waals surface area contributed by atoms with E-state index in [1.807, 2.05) is 18.2 Å². The molecule has 0 spiro atoms. The van der Waals surface area contributed by atoms with Gasteiger partial charge in [-0.3, -0.25) is 9.47 Å². The molecule has 3 aliphatic heterocycles. The summed E-state index contributed by atoms with van der Waals surface area (Å²) in [6, 6.07) is 12.4. The maximum absolute atomic E-state index is 14.0. The second-order valence-electron chi connectivity index (χ2n) is 8.91. The number of pyridine rings is 1. The van der Waals surface area contributed by atoms with Crippen LogP contribution < -0.4 is 10.2 Å². The van der Waals surface area contributed by atoms with Gasteiger partial charge in [-0.1, -0.05) is 12.1 Å². The minimum Gasteiger partial charge on any atom is -0.360 e. The van der Waals surface area contributed by atoms with Crippen LogP contribution >= 0.6 is 0 Å². The maximum atomic E-state index is 14.0. The van der Waals surface area contributed by atoms with Gasteiger partial charge < -0.3 is 15.1 Å². The lowest BCUT2D eigenvalue weighted by Gasteiger charge is -2.34. The zero-order chi connectivity index (χ0) is 20.9. The fourth-order valence-corrected chi connectivity index (χ4v) is 5.07. The summed E-state index contributed by atoms with van der Waals surface area (Å²) in [6.45, 7) is 5.30. The fraction of sp³-hybridized carbons (Fsp3) is 0.478. The van der Waals surface area contributed by atoms with Crippen molar-refractivity contribution in [2.24, 2.45) is 0 Å². The van der Waals surface area contributed by atoms with E-state index >= 15 is 0 Å². The van der Waals surface area contributed by atoms with Crippen LogP contribution in [0.1, 0.15) is 24.8 Å². The Bertz CT molecular complexity index is 1110. The van der Waals surface area contributed by atoms with E-state index in [1.165, 1.54) is 0 Å². The number of halogens is 1. The number of likely N-dealkylation sites (N-methyl/N-ethyl adjacent to an activating group) is 1. The summed E-state index contributed by atoms with van der Waals surface area (Å²) >= 11 is 0. The fourth-order valence-electron chi connectivity index (χ4n) is 5.07. The van der Waals surface area contributed by atoms with Crippen LogP contribution in [-0.4, -0.2) is 76.8 Å². The van der Waals surface area contributed by atoms with Gasteiger partial charge in [0.2, 0.25) is 0 Å². The van der Waals surface area contributed by atoms with E-state index < -0.39 is 6.17 Å². The van der Waals surface area contributed by atoms with Gasteiger partial charge in [0.1, 0.15) is 18.2 Å². The first-order valence-corrected chi connectivity index (χ1v) is 11.2. The van der Waals surface area contributed by atoms with Crippen molar-refractivity contribution >= 4 is 22.5 Å². The molecule has 0 radical (unpaired) electrons. The van der Waals surface area contributed by atoms with Crippen LogP contribution in [0.5, 0.6) is 0 Å². The molecule has 0 bridgehead atoms. The first-order chi connectivity index (χ1) is 15.2. The minimum atomic E-state index is -0.775. The van der Waals surface area contributed by atoms with Gasteiger partial charge in [0, 0.05) is 32.7 Å². The third-order valence-corrected chi connectivity index (χ3v) is 6.77. The standard InChI is InChI=1S/C23H28FN7/c1-28-10-4-11-29(14-13-28)20-8-7-18-21(27-20)31-19-6-3-2-5-17(19)25-23(31)22(26-18)30-12-9-16(24)15-30/h2-3,5-8,16,22,26H,4,9-15H2,1H3/t16-,22?/m0/s1. The summed E-state index contributed by atoms with van der Waals surface area (Å²) in [7, 11) is 2.18. The quantitative estimate of drug-likeness (QED) is 0.687. The Hall–Kier alpha value is -2.71. The molecule has 5 heterocycles. The van der Waals surface area contributed by atoms with Crippen LogP contribution in [-0.2, 0) is 0 Å². The van der Waals surface area contributed by atoms with Gasteiger partial charge in [-0.25, -0.2) is 14.4 Å². The summed E-state index contributed by atoms with van der Waals surface area (Å²) < 4.78 is 16.2. The highest BCUT2D eigenvalue weighted by atomic mass is 19.1.